The Labute approximate surface area is 128 Å². The van der Waals surface area contributed by atoms with Gasteiger partial charge in [-0.1, -0.05) is 60.7 Å². The first kappa shape index (κ1) is 14.3. The summed E-state index contributed by atoms with van der Waals surface area (Å²) < 4.78 is 4.67. The van der Waals surface area contributed by atoms with E-state index in [9.17, 15) is 9.59 Å². The van der Waals surface area contributed by atoms with Crippen LogP contribution in [0, 0.1) is 0 Å². The molecule has 22 heavy (non-hydrogen) atoms. The van der Waals surface area contributed by atoms with Crippen LogP contribution in [-0.2, 0) is 27.4 Å². The zero-order chi connectivity index (χ0) is 15.4. The molecule has 2 aromatic carbocycles. The van der Waals surface area contributed by atoms with Crippen molar-refractivity contribution in [2.45, 2.75) is 19.1 Å². The average molecular weight is 297 g/mol. The van der Waals surface area contributed by atoms with Crippen LogP contribution >= 0.6 is 0 Å². The highest BCUT2D eigenvalue weighted by Crippen LogP contribution is 2.20. The van der Waals surface area contributed by atoms with Crippen molar-refractivity contribution in [2.75, 3.05) is 0 Å². The number of ether oxygens (including phenoxy) is 1. The molecule has 0 bridgehead atoms. The predicted octanol–water partition coefficient (Wildman–Crippen LogP) is 2.71. The average Bonchev–Trinajstić information content (AvgIpc) is 2.81. The number of esters is 1. The van der Waals surface area contributed by atoms with Crippen LogP contribution in [0.25, 0.3) is 0 Å². The molecule has 1 atom stereocenters. The summed E-state index contributed by atoms with van der Waals surface area (Å²) >= 11 is 0. The van der Waals surface area contributed by atoms with E-state index in [1.807, 2.05) is 60.7 Å². The second-order valence-corrected chi connectivity index (χ2v) is 4.98. The van der Waals surface area contributed by atoms with E-state index >= 15 is 0 Å². The maximum Gasteiger partial charge on any atom is 0.442 e. The molecular weight excluding hydrogens is 282 g/mol. The molecule has 1 aliphatic rings. The van der Waals surface area contributed by atoms with Crippen molar-refractivity contribution in [1.29, 1.82) is 0 Å². The van der Waals surface area contributed by atoms with E-state index < -0.39 is 18.1 Å². The molecule has 112 valence electrons. The van der Waals surface area contributed by atoms with Crippen molar-refractivity contribution in [3.8, 4) is 0 Å². The van der Waals surface area contributed by atoms with Crippen molar-refractivity contribution in [3.63, 3.8) is 0 Å². The Hall–Kier alpha value is -2.66. The zero-order valence-electron chi connectivity index (χ0n) is 11.8. The molecule has 0 spiro atoms. The minimum Gasteiger partial charge on any atom is -0.373 e. The number of hydrogen-bond acceptors (Lipinski definition) is 4. The molecule has 0 aromatic heterocycles. The highest BCUT2D eigenvalue weighted by molar-refractivity contribution is 5.95. The Bertz CT molecular complexity index is 657. The van der Waals surface area contributed by atoms with Crippen LogP contribution in [0.2, 0.25) is 0 Å². The Kier molecular flexibility index (Phi) is 4.16. The van der Waals surface area contributed by atoms with Gasteiger partial charge in [0.05, 0.1) is 0 Å². The number of benzene rings is 2. The molecule has 1 fully saturated rings. The van der Waals surface area contributed by atoms with Gasteiger partial charge < -0.3 is 4.74 Å². The molecule has 1 aliphatic heterocycles. The summed E-state index contributed by atoms with van der Waals surface area (Å²) in [6, 6.07) is 18.1. The van der Waals surface area contributed by atoms with Gasteiger partial charge in [0.1, 0.15) is 6.61 Å². The summed E-state index contributed by atoms with van der Waals surface area (Å²) in [7, 11) is 0. The fourth-order valence-electron chi connectivity index (χ4n) is 2.29. The molecule has 0 saturated carbocycles. The van der Waals surface area contributed by atoms with Crippen molar-refractivity contribution in [3.05, 3.63) is 71.8 Å². The van der Waals surface area contributed by atoms with Gasteiger partial charge in [-0.2, -0.15) is 5.06 Å². The van der Waals surface area contributed by atoms with Crippen molar-refractivity contribution in [1.82, 2.24) is 5.06 Å². The Balaban J connectivity index is 1.70. The monoisotopic (exact) mass is 297 g/mol. The smallest absolute Gasteiger partial charge is 0.373 e. The maximum absolute atomic E-state index is 11.8. The van der Waals surface area contributed by atoms with Gasteiger partial charge in [-0.3, -0.25) is 4.84 Å². The third kappa shape index (κ3) is 3.15. The fraction of sp³-hybridized carbons (Fsp3) is 0.176. The molecule has 3 rings (SSSR count). The summed E-state index contributed by atoms with van der Waals surface area (Å²) in [4.78, 5) is 29.1. The maximum atomic E-state index is 11.8. The van der Waals surface area contributed by atoms with Crippen molar-refractivity contribution < 1.29 is 19.2 Å². The summed E-state index contributed by atoms with van der Waals surface area (Å²) in [5.41, 5.74) is 1.85. The van der Waals surface area contributed by atoms with Gasteiger partial charge in [-0.05, 0) is 11.1 Å². The van der Waals surface area contributed by atoms with Crippen LogP contribution < -0.4 is 0 Å². The number of cyclic esters (lactones) is 2. The number of nitrogens with zero attached hydrogens (tertiary/aromatic N) is 1. The van der Waals surface area contributed by atoms with Crippen LogP contribution in [0.4, 0.5) is 4.79 Å². The standard InChI is InChI=1S/C17H15NO4/c19-16-15(11-13-7-3-1-4-8-13)18(17(20)22-16)21-12-14-9-5-2-6-10-14/h1-10,15H,11-12H2. The van der Waals surface area contributed by atoms with Crippen LogP contribution in [0.5, 0.6) is 0 Å². The number of carbonyl (C=O) groups is 2. The van der Waals surface area contributed by atoms with Crippen LogP contribution in [0.15, 0.2) is 60.7 Å². The highest BCUT2D eigenvalue weighted by Gasteiger charge is 2.42. The lowest BCUT2D eigenvalue weighted by atomic mass is 10.1. The van der Waals surface area contributed by atoms with Crippen LogP contribution in [-0.4, -0.2) is 23.2 Å². The molecule has 1 heterocycles. The van der Waals surface area contributed by atoms with Crippen LogP contribution in [0.3, 0.4) is 0 Å². The van der Waals surface area contributed by atoms with E-state index in [-0.39, 0.29) is 6.61 Å². The predicted molar refractivity (Wildman–Crippen MR) is 78.5 cm³/mol. The van der Waals surface area contributed by atoms with Gasteiger partial charge >= 0.3 is 12.1 Å². The second-order valence-electron chi connectivity index (χ2n) is 4.98. The molecule has 1 unspecified atom stereocenters. The molecule has 2 aromatic rings. The molecule has 0 N–H and O–H groups in total. The fourth-order valence-corrected chi connectivity index (χ4v) is 2.29. The van der Waals surface area contributed by atoms with E-state index in [1.54, 1.807) is 0 Å². The van der Waals surface area contributed by atoms with Crippen LogP contribution in [0.1, 0.15) is 11.1 Å². The molecule has 5 nitrogen and oxygen atoms in total. The third-order valence-corrected chi connectivity index (χ3v) is 3.41. The van der Waals surface area contributed by atoms with E-state index in [0.29, 0.717) is 6.42 Å². The van der Waals surface area contributed by atoms with E-state index in [1.165, 1.54) is 0 Å². The minimum absolute atomic E-state index is 0.203. The number of hydrogen-bond donors (Lipinski definition) is 0. The first-order valence-corrected chi connectivity index (χ1v) is 6.99. The lowest BCUT2D eigenvalue weighted by molar-refractivity contribution is -0.153. The Morgan fingerprint density at radius 1 is 0.909 bits per heavy atom. The van der Waals surface area contributed by atoms with Crippen molar-refractivity contribution >= 4 is 12.1 Å². The summed E-state index contributed by atoms with van der Waals surface area (Å²) in [5, 5.41) is 1.03. The van der Waals surface area contributed by atoms with Gasteiger partial charge in [0.25, 0.3) is 0 Å². The Morgan fingerprint density at radius 2 is 1.50 bits per heavy atom. The summed E-state index contributed by atoms with van der Waals surface area (Å²) in [5.74, 6) is -0.582. The van der Waals surface area contributed by atoms with E-state index in [0.717, 1.165) is 16.2 Å². The number of rotatable bonds is 5. The molecule has 0 aliphatic carbocycles. The Morgan fingerprint density at radius 3 is 2.14 bits per heavy atom. The lowest BCUT2D eigenvalue weighted by Gasteiger charge is -2.19. The number of carbonyl (C=O) groups excluding carboxylic acids is 2. The van der Waals surface area contributed by atoms with Gasteiger partial charge in [0, 0.05) is 6.42 Å². The van der Waals surface area contributed by atoms with Gasteiger partial charge in [0.15, 0.2) is 6.04 Å². The molecular formula is C17H15NO4. The summed E-state index contributed by atoms with van der Waals surface area (Å²) in [6.45, 7) is 0.203. The van der Waals surface area contributed by atoms with E-state index in [4.69, 9.17) is 4.84 Å². The SMILES string of the molecule is O=C1OC(=O)N(OCc2ccccc2)C1Cc1ccccc1. The topological polar surface area (TPSA) is 55.8 Å². The zero-order valence-corrected chi connectivity index (χ0v) is 11.8. The minimum atomic E-state index is -0.762. The first-order chi connectivity index (χ1) is 10.7. The second kappa shape index (κ2) is 6.41. The largest absolute Gasteiger partial charge is 0.442 e. The van der Waals surface area contributed by atoms with Gasteiger partial charge in [-0.15, -0.1) is 0 Å². The first-order valence-electron chi connectivity index (χ1n) is 6.99. The molecule has 5 heteroatoms. The lowest BCUT2D eigenvalue weighted by Crippen LogP contribution is -2.36. The summed E-state index contributed by atoms with van der Waals surface area (Å²) in [6.07, 6.45) is -0.401. The number of hydroxylamine groups is 2. The molecule has 1 saturated heterocycles. The van der Waals surface area contributed by atoms with Crippen molar-refractivity contribution in [2.24, 2.45) is 0 Å². The molecule has 0 radical (unpaired) electrons. The van der Waals surface area contributed by atoms with Gasteiger partial charge in [0.2, 0.25) is 0 Å². The van der Waals surface area contributed by atoms with Gasteiger partial charge in [-0.25, -0.2) is 9.59 Å². The third-order valence-electron chi connectivity index (χ3n) is 3.41. The normalized spacial score (nSPS) is 17.6. The molecule has 1 amide bonds. The highest BCUT2D eigenvalue weighted by atomic mass is 16.8. The number of amides is 1. The van der Waals surface area contributed by atoms with E-state index in [2.05, 4.69) is 4.74 Å². The quantitative estimate of drug-likeness (QED) is 0.629.